The lowest BCUT2D eigenvalue weighted by Crippen LogP contribution is -3.06. The summed E-state index contributed by atoms with van der Waals surface area (Å²) in [6, 6.07) is 8.56. The number of nitrogens with two attached hydrogens (primary N) is 1. The van der Waals surface area contributed by atoms with E-state index in [-0.39, 0.29) is 29.6 Å². The Morgan fingerprint density at radius 2 is 1.68 bits per heavy atom. The van der Waals surface area contributed by atoms with Crippen LogP contribution in [0, 0.1) is 0 Å². The van der Waals surface area contributed by atoms with Gasteiger partial charge >= 0.3 is 6.03 Å². The Bertz CT molecular complexity index is 774. The number of hydrogen-bond acceptors (Lipinski definition) is 3. The fourth-order valence-corrected chi connectivity index (χ4v) is 4.84. The quantitative estimate of drug-likeness (QED) is 0.669. The van der Waals surface area contributed by atoms with Crippen LogP contribution >= 0.6 is 0 Å². The van der Waals surface area contributed by atoms with Crippen LogP contribution in [-0.4, -0.2) is 46.4 Å². The highest BCUT2D eigenvalue weighted by Crippen LogP contribution is 2.28. The van der Waals surface area contributed by atoms with E-state index in [0.717, 1.165) is 17.7 Å². The van der Waals surface area contributed by atoms with Crippen LogP contribution in [0.3, 0.4) is 0 Å². The van der Waals surface area contributed by atoms with E-state index in [1.165, 1.54) is 0 Å². The van der Waals surface area contributed by atoms with E-state index < -0.39 is 17.5 Å². The van der Waals surface area contributed by atoms with E-state index >= 15 is 0 Å². The highest BCUT2D eigenvalue weighted by Gasteiger charge is 2.49. The summed E-state index contributed by atoms with van der Waals surface area (Å²) in [4.78, 5) is 39.0. The first kappa shape index (κ1) is 20.3. The molecule has 0 radical (unpaired) electrons. The molecule has 0 saturated carbocycles. The molecule has 2 aliphatic heterocycles. The van der Waals surface area contributed by atoms with Crippen LogP contribution in [0.5, 0.6) is 0 Å². The minimum atomic E-state index is -1.15. The average molecular weight is 388 g/mol. The summed E-state index contributed by atoms with van der Waals surface area (Å²) in [7, 11) is 0. The van der Waals surface area contributed by atoms with Crippen molar-refractivity contribution in [3.8, 4) is 0 Å². The lowest BCUT2D eigenvalue weighted by Gasteiger charge is -2.43. The minimum Gasteiger partial charge on any atom is -0.351 e. The molecule has 28 heavy (non-hydrogen) atoms. The number of carbonyl (C=O) groups excluding carboxylic acids is 3. The summed E-state index contributed by atoms with van der Waals surface area (Å²) in [5.74, 6) is -0.712. The van der Waals surface area contributed by atoms with E-state index in [4.69, 9.17) is 0 Å². The third-order valence-electron chi connectivity index (χ3n) is 5.62. The van der Waals surface area contributed by atoms with Gasteiger partial charge in [0.2, 0.25) is 5.91 Å². The SMILES string of the molecule is CC1(C)CC(NC(=O)CN2C(=O)N[C@@](C)(c3ccccc3)C2=O)CC(C)(C)[NH2+]1. The topological polar surface area (TPSA) is 95.1 Å². The van der Waals surface area contributed by atoms with Crippen molar-refractivity contribution in [1.82, 2.24) is 15.5 Å². The zero-order valence-electron chi connectivity index (χ0n) is 17.3. The molecule has 0 aromatic heterocycles. The monoisotopic (exact) mass is 387 g/mol. The molecule has 3 rings (SSSR count). The van der Waals surface area contributed by atoms with Gasteiger partial charge in [0.05, 0.1) is 11.1 Å². The van der Waals surface area contributed by atoms with Crippen molar-refractivity contribution in [2.75, 3.05) is 6.54 Å². The Kier molecular flexibility index (Phi) is 5.00. The van der Waals surface area contributed by atoms with Crippen molar-refractivity contribution >= 4 is 17.8 Å². The number of carbonyl (C=O) groups is 3. The normalized spacial score (nSPS) is 26.8. The molecule has 7 heteroatoms. The summed E-state index contributed by atoms with van der Waals surface area (Å²) in [6.07, 6.45) is 1.67. The fourth-order valence-electron chi connectivity index (χ4n) is 4.84. The van der Waals surface area contributed by atoms with Gasteiger partial charge in [-0.15, -0.1) is 0 Å². The Morgan fingerprint density at radius 3 is 2.25 bits per heavy atom. The van der Waals surface area contributed by atoms with Gasteiger partial charge in [0.1, 0.15) is 12.1 Å². The van der Waals surface area contributed by atoms with Gasteiger partial charge in [0, 0.05) is 18.9 Å². The number of benzene rings is 1. The van der Waals surface area contributed by atoms with Gasteiger partial charge in [-0.05, 0) is 40.2 Å². The maximum Gasteiger partial charge on any atom is 0.325 e. The predicted octanol–water partition coefficient (Wildman–Crippen LogP) is 0.853. The molecule has 4 amide bonds. The number of hydrogen-bond donors (Lipinski definition) is 3. The molecule has 0 bridgehead atoms. The van der Waals surface area contributed by atoms with Gasteiger partial charge in [-0.3, -0.25) is 14.5 Å². The molecule has 7 nitrogen and oxygen atoms in total. The van der Waals surface area contributed by atoms with E-state index in [2.05, 4.69) is 43.6 Å². The van der Waals surface area contributed by atoms with E-state index in [1.807, 2.05) is 18.2 Å². The Morgan fingerprint density at radius 1 is 1.11 bits per heavy atom. The van der Waals surface area contributed by atoms with Crippen LogP contribution < -0.4 is 16.0 Å². The molecule has 0 aliphatic carbocycles. The molecule has 2 saturated heterocycles. The second-order valence-corrected chi connectivity index (χ2v) is 9.61. The number of nitrogens with one attached hydrogen (secondary N) is 2. The molecule has 2 heterocycles. The van der Waals surface area contributed by atoms with Crippen LogP contribution in [0.15, 0.2) is 30.3 Å². The van der Waals surface area contributed by atoms with E-state index in [0.29, 0.717) is 5.56 Å². The number of rotatable bonds is 4. The molecule has 0 unspecified atom stereocenters. The first-order valence-corrected chi connectivity index (χ1v) is 9.78. The van der Waals surface area contributed by atoms with Crippen LogP contribution in [0.4, 0.5) is 4.79 Å². The number of amides is 4. The standard InChI is InChI=1S/C21H30N4O3/c1-19(2)11-15(12-20(3,4)24-19)22-16(26)13-25-17(27)21(5,23-18(25)28)14-9-7-6-8-10-14/h6-10,15,24H,11-13H2,1-5H3,(H,22,26)(H,23,28)/p+1/t21-/m0/s1. The number of piperidine rings is 1. The summed E-state index contributed by atoms with van der Waals surface area (Å²) in [6.45, 7) is 10.0. The second-order valence-electron chi connectivity index (χ2n) is 9.61. The number of urea groups is 1. The highest BCUT2D eigenvalue weighted by atomic mass is 16.2. The Balaban J connectivity index is 1.67. The van der Waals surface area contributed by atoms with Gasteiger partial charge in [0.25, 0.3) is 5.91 Å². The third-order valence-corrected chi connectivity index (χ3v) is 5.62. The largest absolute Gasteiger partial charge is 0.351 e. The van der Waals surface area contributed by atoms with E-state index in [1.54, 1.807) is 19.1 Å². The maximum atomic E-state index is 12.9. The summed E-state index contributed by atoms with van der Waals surface area (Å²) < 4.78 is 0. The van der Waals surface area contributed by atoms with Crippen molar-refractivity contribution in [1.29, 1.82) is 0 Å². The molecular weight excluding hydrogens is 356 g/mol. The van der Waals surface area contributed by atoms with Crippen molar-refractivity contribution in [2.45, 2.75) is 70.1 Å². The number of nitrogens with zero attached hydrogens (tertiary/aromatic N) is 1. The van der Waals surface area contributed by atoms with Crippen molar-refractivity contribution in [3.63, 3.8) is 0 Å². The number of quaternary nitrogens is 1. The van der Waals surface area contributed by atoms with Crippen LogP contribution in [0.1, 0.15) is 53.0 Å². The lowest BCUT2D eigenvalue weighted by molar-refractivity contribution is -0.787. The second kappa shape index (κ2) is 6.88. The molecular formula is C21H31N4O3+. The third kappa shape index (κ3) is 4.04. The van der Waals surface area contributed by atoms with Gasteiger partial charge in [-0.1, -0.05) is 30.3 Å². The molecule has 1 aromatic carbocycles. The van der Waals surface area contributed by atoms with Gasteiger partial charge in [-0.2, -0.15) is 0 Å². The van der Waals surface area contributed by atoms with E-state index in [9.17, 15) is 14.4 Å². The average Bonchev–Trinajstić information content (AvgIpc) is 2.77. The zero-order valence-corrected chi connectivity index (χ0v) is 17.3. The summed E-state index contributed by atoms with van der Waals surface area (Å²) in [5.41, 5.74) is -0.413. The van der Waals surface area contributed by atoms with Gasteiger partial charge in [0.15, 0.2) is 0 Å². The predicted molar refractivity (Wildman–Crippen MR) is 105 cm³/mol. The van der Waals surface area contributed by atoms with Crippen LogP contribution in [0.2, 0.25) is 0 Å². The van der Waals surface area contributed by atoms with Crippen molar-refractivity contribution in [3.05, 3.63) is 35.9 Å². The van der Waals surface area contributed by atoms with Crippen LogP contribution in [-0.2, 0) is 15.1 Å². The van der Waals surface area contributed by atoms with Crippen LogP contribution in [0.25, 0.3) is 0 Å². The first-order chi connectivity index (χ1) is 12.9. The zero-order chi connectivity index (χ0) is 20.7. The molecule has 152 valence electrons. The summed E-state index contributed by atoms with van der Waals surface area (Å²) >= 11 is 0. The molecule has 1 aromatic rings. The van der Waals surface area contributed by atoms with Crippen molar-refractivity contribution in [2.24, 2.45) is 0 Å². The highest BCUT2D eigenvalue weighted by molar-refractivity contribution is 6.09. The molecule has 4 N–H and O–H groups in total. The van der Waals surface area contributed by atoms with Gasteiger partial charge in [-0.25, -0.2) is 4.79 Å². The first-order valence-electron chi connectivity index (χ1n) is 9.78. The smallest absolute Gasteiger partial charge is 0.325 e. The minimum absolute atomic E-state index is 0.0174. The Labute approximate surface area is 166 Å². The fraction of sp³-hybridized carbons (Fsp3) is 0.571. The Hall–Kier alpha value is -2.41. The summed E-state index contributed by atoms with van der Waals surface area (Å²) in [5, 5.41) is 8.11. The molecule has 2 aliphatic rings. The van der Waals surface area contributed by atoms with Gasteiger partial charge < -0.3 is 16.0 Å². The number of imide groups is 1. The maximum absolute atomic E-state index is 12.9. The molecule has 0 spiro atoms. The van der Waals surface area contributed by atoms with Crippen molar-refractivity contribution < 1.29 is 19.7 Å². The molecule has 2 fully saturated rings. The molecule has 1 atom stereocenters. The lowest BCUT2D eigenvalue weighted by atomic mass is 9.79.